The van der Waals surface area contributed by atoms with Crippen LogP contribution in [0.15, 0.2) is 42.7 Å². The number of aromatic nitrogens is 2. The zero-order chi connectivity index (χ0) is 16.9. The second-order valence-electron chi connectivity index (χ2n) is 5.03. The fourth-order valence-electron chi connectivity index (χ4n) is 2.40. The summed E-state index contributed by atoms with van der Waals surface area (Å²) in [6.07, 6.45) is 2.13. The van der Waals surface area contributed by atoms with Crippen LogP contribution in [0.25, 0.3) is 10.9 Å². The van der Waals surface area contributed by atoms with Gasteiger partial charge in [-0.3, -0.25) is 4.79 Å². The van der Waals surface area contributed by atoms with Gasteiger partial charge < -0.3 is 15.4 Å². The fraction of sp³-hybridized carbons (Fsp3) is 0.118. The number of carbonyl (C=O) groups is 1. The molecule has 0 aliphatic rings. The molecule has 0 aliphatic heterocycles. The first-order valence-corrected chi connectivity index (χ1v) is 7.60. The second-order valence-corrected chi connectivity index (χ2v) is 5.47. The molecule has 0 spiro atoms. The number of hydrogen-bond donors (Lipinski definition) is 2. The largest absolute Gasteiger partial charge is 0.495 e. The lowest BCUT2D eigenvalue weighted by molar-refractivity contribution is -0.105. The zero-order valence-corrected chi connectivity index (χ0v) is 13.7. The Kier molecular flexibility index (Phi) is 4.77. The summed E-state index contributed by atoms with van der Waals surface area (Å²) < 4.78 is 5.21. The molecule has 0 fully saturated rings. The van der Waals surface area contributed by atoms with Gasteiger partial charge in [0.1, 0.15) is 17.9 Å². The highest BCUT2D eigenvalue weighted by atomic mass is 35.5. The van der Waals surface area contributed by atoms with Crippen LogP contribution in [-0.4, -0.2) is 23.5 Å². The summed E-state index contributed by atoms with van der Waals surface area (Å²) in [6.45, 7) is 0.524. The summed E-state index contributed by atoms with van der Waals surface area (Å²) in [5, 5.41) is 7.38. The normalized spacial score (nSPS) is 10.4. The van der Waals surface area contributed by atoms with Crippen molar-refractivity contribution in [3.8, 4) is 5.75 Å². The summed E-state index contributed by atoms with van der Waals surface area (Å²) in [5.74, 6) is 1.30. The number of carbonyl (C=O) groups excluding carboxylic acids is 1. The average molecular weight is 343 g/mol. The van der Waals surface area contributed by atoms with E-state index in [9.17, 15) is 4.79 Å². The monoisotopic (exact) mass is 342 g/mol. The predicted octanol–water partition coefficient (Wildman–Crippen LogP) is 3.47. The minimum atomic E-state index is 0.524. The van der Waals surface area contributed by atoms with Crippen molar-refractivity contribution in [3.05, 3.63) is 53.3 Å². The Labute approximate surface area is 143 Å². The van der Waals surface area contributed by atoms with Gasteiger partial charge in [-0.15, -0.1) is 0 Å². The Balaban J connectivity index is 1.84. The SMILES string of the molecule is COc1ccc(CNc2ncnc3ccc(Cl)cc23)cc1NC=O. The molecule has 1 heterocycles. The van der Waals surface area contributed by atoms with E-state index in [1.807, 2.05) is 24.3 Å². The van der Waals surface area contributed by atoms with Gasteiger partial charge in [-0.2, -0.15) is 0 Å². The van der Waals surface area contributed by atoms with Crippen LogP contribution in [0, 0.1) is 0 Å². The van der Waals surface area contributed by atoms with Gasteiger partial charge in [-0.05, 0) is 35.9 Å². The molecule has 0 saturated carbocycles. The number of rotatable bonds is 6. The molecular weight excluding hydrogens is 328 g/mol. The summed E-state index contributed by atoms with van der Waals surface area (Å²) in [7, 11) is 1.56. The minimum Gasteiger partial charge on any atom is -0.495 e. The van der Waals surface area contributed by atoms with Gasteiger partial charge in [0.05, 0.1) is 18.3 Å². The first-order chi connectivity index (χ1) is 11.7. The highest BCUT2D eigenvalue weighted by molar-refractivity contribution is 6.31. The first kappa shape index (κ1) is 16.0. The number of ether oxygens (including phenoxy) is 1. The van der Waals surface area contributed by atoms with E-state index in [-0.39, 0.29) is 0 Å². The number of fused-ring (bicyclic) bond motifs is 1. The molecule has 2 N–H and O–H groups in total. The third-order valence-corrected chi connectivity index (χ3v) is 3.77. The summed E-state index contributed by atoms with van der Waals surface area (Å²) in [4.78, 5) is 19.2. The van der Waals surface area contributed by atoms with Crippen molar-refractivity contribution in [2.45, 2.75) is 6.54 Å². The Morgan fingerprint density at radius 2 is 2.08 bits per heavy atom. The van der Waals surface area contributed by atoms with Crippen LogP contribution in [0.2, 0.25) is 5.02 Å². The van der Waals surface area contributed by atoms with Crippen LogP contribution >= 0.6 is 11.6 Å². The van der Waals surface area contributed by atoms with E-state index in [0.29, 0.717) is 35.2 Å². The van der Waals surface area contributed by atoms with Crippen molar-refractivity contribution < 1.29 is 9.53 Å². The van der Waals surface area contributed by atoms with E-state index in [1.165, 1.54) is 6.33 Å². The summed E-state index contributed by atoms with van der Waals surface area (Å²) >= 11 is 6.06. The van der Waals surface area contributed by atoms with Gasteiger partial charge in [0, 0.05) is 17.0 Å². The Morgan fingerprint density at radius 3 is 2.88 bits per heavy atom. The smallest absolute Gasteiger partial charge is 0.211 e. The van der Waals surface area contributed by atoms with Crippen LogP contribution in [-0.2, 0) is 11.3 Å². The lowest BCUT2D eigenvalue weighted by Gasteiger charge is -2.12. The maximum absolute atomic E-state index is 10.7. The van der Waals surface area contributed by atoms with E-state index in [1.54, 1.807) is 19.2 Å². The molecule has 1 aromatic heterocycles. The molecule has 24 heavy (non-hydrogen) atoms. The molecule has 0 bridgehead atoms. The highest BCUT2D eigenvalue weighted by Crippen LogP contribution is 2.26. The molecule has 7 heteroatoms. The van der Waals surface area contributed by atoms with E-state index >= 15 is 0 Å². The number of nitrogens with one attached hydrogen (secondary N) is 2. The van der Waals surface area contributed by atoms with E-state index in [4.69, 9.17) is 16.3 Å². The van der Waals surface area contributed by atoms with Crippen LogP contribution in [0.1, 0.15) is 5.56 Å². The number of benzene rings is 2. The summed E-state index contributed by atoms with van der Waals surface area (Å²) in [6, 6.07) is 11.0. The maximum Gasteiger partial charge on any atom is 0.211 e. The Morgan fingerprint density at radius 1 is 1.21 bits per heavy atom. The van der Waals surface area contributed by atoms with Crippen molar-refractivity contribution >= 4 is 40.4 Å². The maximum atomic E-state index is 10.7. The van der Waals surface area contributed by atoms with Gasteiger partial charge in [0.2, 0.25) is 6.41 Å². The third kappa shape index (κ3) is 3.38. The molecule has 1 amide bonds. The van der Waals surface area contributed by atoms with E-state index in [2.05, 4.69) is 20.6 Å². The van der Waals surface area contributed by atoms with Gasteiger partial charge in [0.25, 0.3) is 0 Å². The van der Waals surface area contributed by atoms with Gasteiger partial charge in [0.15, 0.2) is 0 Å². The molecule has 6 nitrogen and oxygen atoms in total. The number of hydrogen-bond acceptors (Lipinski definition) is 5. The van der Waals surface area contributed by atoms with Crippen molar-refractivity contribution in [2.24, 2.45) is 0 Å². The van der Waals surface area contributed by atoms with E-state index in [0.717, 1.165) is 16.5 Å². The average Bonchev–Trinajstić information content (AvgIpc) is 2.60. The number of amides is 1. The van der Waals surface area contributed by atoms with Crippen molar-refractivity contribution in [1.82, 2.24) is 9.97 Å². The Hall–Kier alpha value is -2.86. The number of nitrogens with zero attached hydrogens (tertiary/aromatic N) is 2. The van der Waals surface area contributed by atoms with Crippen LogP contribution in [0.3, 0.4) is 0 Å². The van der Waals surface area contributed by atoms with E-state index < -0.39 is 0 Å². The van der Waals surface area contributed by atoms with Crippen molar-refractivity contribution in [3.63, 3.8) is 0 Å². The fourth-order valence-corrected chi connectivity index (χ4v) is 2.57. The predicted molar refractivity (Wildman–Crippen MR) is 94.6 cm³/mol. The van der Waals surface area contributed by atoms with Crippen LogP contribution in [0.4, 0.5) is 11.5 Å². The van der Waals surface area contributed by atoms with Crippen LogP contribution in [0.5, 0.6) is 5.75 Å². The Bertz CT molecular complexity index is 886. The first-order valence-electron chi connectivity index (χ1n) is 7.22. The molecule has 3 aromatic rings. The second kappa shape index (κ2) is 7.14. The number of anilines is 2. The molecule has 0 radical (unpaired) electrons. The molecule has 0 aliphatic carbocycles. The lowest BCUT2D eigenvalue weighted by Crippen LogP contribution is -2.04. The number of methoxy groups -OCH3 is 1. The lowest BCUT2D eigenvalue weighted by atomic mass is 10.1. The standard InChI is InChI=1S/C17H15ClN4O2/c1-24-16-5-2-11(6-15(16)22-10-23)8-19-17-13-7-12(18)3-4-14(13)20-9-21-17/h2-7,9-10H,8H2,1H3,(H,22,23)(H,19,20,21). The molecule has 3 rings (SSSR count). The van der Waals surface area contributed by atoms with Gasteiger partial charge in [-0.25, -0.2) is 9.97 Å². The molecule has 0 saturated heterocycles. The van der Waals surface area contributed by atoms with Gasteiger partial charge in [-0.1, -0.05) is 17.7 Å². The number of halogens is 1. The quantitative estimate of drug-likeness (QED) is 0.671. The zero-order valence-electron chi connectivity index (χ0n) is 12.9. The van der Waals surface area contributed by atoms with Gasteiger partial charge >= 0.3 is 0 Å². The molecular formula is C17H15ClN4O2. The van der Waals surface area contributed by atoms with Crippen molar-refractivity contribution in [2.75, 3.05) is 17.7 Å². The molecule has 122 valence electrons. The van der Waals surface area contributed by atoms with Crippen molar-refractivity contribution in [1.29, 1.82) is 0 Å². The molecule has 2 aromatic carbocycles. The molecule has 0 unspecified atom stereocenters. The topological polar surface area (TPSA) is 76.1 Å². The summed E-state index contributed by atoms with van der Waals surface area (Å²) in [5.41, 5.74) is 2.39. The highest BCUT2D eigenvalue weighted by Gasteiger charge is 2.07. The minimum absolute atomic E-state index is 0.524. The van der Waals surface area contributed by atoms with Crippen LogP contribution < -0.4 is 15.4 Å². The third-order valence-electron chi connectivity index (χ3n) is 3.54. The molecule has 0 atom stereocenters.